The van der Waals surface area contributed by atoms with Gasteiger partial charge < -0.3 is 14.4 Å². The molecule has 0 radical (unpaired) electrons. The first-order valence-electron chi connectivity index (χ1n) is 11.1. The number of pyridine rings is 1. The van der Waals surface area contributed by atoms with E-state index in [4.69, 9.17) is 0 Å². The van der Waals surface area contributed by atoms with E-state index in [-0.39, 0.29) is 22.7 Å². The van der Waals surface area contributed by atoms with Crippen LogP contribution in [0.2, 0.25) is 0 Å². The van der Waals surface area contributed by atoms with Crippen LogP contribution >= 0.6 is 0 Å². The summed E-state index contributed by atoms with van der Waals surface area (Å²) in [6, 6.07) is 8.45. The first kappa shape index (κ1) is 23.4. The number of hydrogen-bond donors (Lipinski definition) is 0. The molecule has 0 bridgehead atoms. The monoisotopic (exact) mass is 465 g/mol. The van der Waals surface area contributed by atoms with E-state index in [0.717, 1.165) is 0 Å². The van der Waals surface area contributed by atoms with Crippen LogP contribution in [0.25, 0.3) is 17.0 Å². The molecule has 0 saturated carbocycles. The van der Waals surface area contributed by atoms with Crippen LogP contribution in [0.1, 0.15) is 29.8 Å². The molecule has 0 unspecified atom stereocenters. The number of ketones is 1. The second kappa shape index (κ2) is 9.59. The highest BCUT2D eigenvalue weighted by atomic mass is 19.1. The third-order valence-electron chi connectivity index (χ3n) is 6.12. The van der Waals surface area contributed by atoms with Gasteiger partial charge in [0, 0.05) is 51.2 Å². The van der Waals surface area contributed by atoms with Gasteiger partial charge in [-0.1, -0.05) is 18.2 Å². The van der Waals surface area contributed by atoms with Gasteiger partial charge >= 0.3 is 0 Å². The van der Waals surface area contributed by atoms with Gasteiger partial charge in [-0.25, -0.2) is 8.78 Å². The maximum absolute atomic E-state index is 15.1. The Balaban J connectivity index is 1.69. The van der Waals surface area contributed by atoms with Crippen molar-refractivity contribution < 1.29 is 18.4 Å². The number of rotatable bonds is 5. The third kappa shape index (κ3) is 4.62. The molecule has 2 aromatic carbocycles. The molecule has 8 heteroatoms. The van der Waals surface area contributed by atoms with Crippen molar-refractivity contribution >= 4 is 34.4 Å². The average Bonchev–Trinajstić information content (AvgIpc) is 2.84. The summed E-state index contributed by atoms with van der Waals surface area (Å²) in [6.07, 6.45) is 4.26. The molecular formula is C26H25F2N3O3. The van der Waals surface area contributed by atoms with E-state index in [0.29, 0.717) is 49.5 Å². The van der Waals surface area contributed by atoms with E-state index in [1.807, 2.05) is 11.8 Å². The van der Waals surface area contributed by atoms with Crippen LogP contribution < -0.4 is 10.3 Å². The number of piperazine rings is 1. The average molecular weight is 466 g/mol. The van der Waals surface area contributed by atoms with Gasteiger partial charge in [-0.05, 0) is 42.8 Å². The van der Waals surface area contributed by atoms with Crippen molar-refractivity contribution in [2.45, 2.75) is 20.4 Å². The topological polar surface area (TPSA) is 62.6 Å². The summed E-state index contributed by atoms with van der Waals surface area (Å²) in [4.78, 5) is 41.1. The number of benzene rings is 2. The summed E-state index contributed by atoms with van der Waals surface area (Å²) in [5.41, 5.74) is 0.923. The largest absolute Gasteiger partial charge is 0.366 e. The normalized spacial score (nSPS) is 14.2. The molecule has 0 N–H and O–H groups in total. The first-order valence-corrected chi connectivity index (χ1v) is 11.1. The lowest BCUT2D eigenvalue weighted by Crippen LogP contribution is -2.48. The van der Waals surface area contributed by atoms with Gasteiger partial charge in [-0.15, -0.1) is 0 Å². The molecule has 1 fully saturated rings. The molecular weight excluding hydrogens is 440 g/mol. The molecule has 1 amide bonds. The van der Waals surface area contributed by atoms with Crippen molar-refractivity contribution in [3.05, 3.63) is 81.7 Å². The Labute approximate surface area is 195 Å². The van der Waals surface area contributed by atoms with E-state index in [2.05, 4.69) is 0 Å². The Hall–Kier alpha value is -3.81. The van der Waals surface area contributed by atoms with Gasteiger partial charge in [-0.3, -0.25) is 14.4 Å². The molecule has 0 aliphatic carbocycles. The molecule has 2 heterocycles. The second-order valence-electron chi connectivity index (χ2n) is 8.22. The van der Waals surface area contributed by atoms with E-state index >= 15 is 4.39 Å². The van der Waals surface area contributed by atoms with Crippen LogP contribution in [0.3, 0.4) is 0 Å². The molecule has 0 spiro atoms. The fourth-order valence-electron chi connectivity index (χ4n) is 4.18. The molecule has 1 saturated heterocycles. The van der Waals surface area contributed by atoms with Crippen LogP contribution in [0.5, 0.6) is 0 Å². The zero-order valence-electron chi connectivity index (χ0n) is 19.1. The van der Waals surface area contributed by atoms with Crippen LogP contribution in [0, 0.1) is 11.6 Å². The predicted octanol–water partition coefficient (Wildman–Crippen LogP) is 3.86. The van der Waals surface area contributed by atoms with Gasteiger partial charge in [-0.2, -0.15) is 0 Å². The smallest absolute Gasteiger partial charge is 0.219 e. The van der Waals surface area contributed by atoms with Gasteiger partial charge in [0.15, 0.2) is 5.78 Å². The maximum atomic E-state index is 15.1. The number of fused-ring (bicyclic) bond motifs is 1. The number of nitrogens with zero attached hydrogens (tertiary/aromatic N) is 3. The number of allylic oxidation sites excluding steroid dienone is 1. The van der Waals surface area contributed by atoms with Crippen LogP contribution in [0.4, 0.5) is 14.5 Å². The van der Waals surface area contributed by atoms with Gasteiger partial charge in [0.2, 0.25) is 11.3 Å². The number of carbonyl (C=O) groups is 2. The molecule has 4 rings (SSSR count). The predicted molar refractivity (Wildman–Crippen MR) is 128 cm³/mol. The summed E-state index contributed by atoms with van der Waals surface area (Å²) in [7, 11) is 0. The van der Waals surface area contributed by atoms with Crippen molar-refractivity contribution in [3.8, 4) is 0 Å². The number of anilines is 1. The zero-order valence-corrected chi connectivity index (χ0v) is 19.1. The number of carbonyl (C=O) groups excluding carboxylic acids is 2. The van der Waals surface area contributed by atoms with Crippen LogP contribution in [-0.4, -0.2) is 47.3 Å². The Morgan fingerprint density at radius 1 is 1.03 bits per heavy atom. The fraction of sp³-hybridized carbons (Fsp3) is 0.269. The molecule has 34 heavy (non-hydrogen) atoms. The lowest BCUT2D eigenvalue weighted by Gasteiger charge is -2.36. The highest BCUT2D eigenvalue weighted by Crippen LogP contribution is 2.26. The van der Waals surface area contributed by atoms with Crippen LogP contribution in [-0.2, 0) is 11.3 Å². The number of amides is 1. The van der Waals surface area contributed by atoms with E-state index in [1.165, 1.54) is 55.6 Å². The number of aryl methyl sites for hydroxylation is 1. The van der Waals surface area contributed by atoms with Gasteiger partial charge in [0.25, 0.3) is 0 Å². The first-order chi connectivity index (χ1) is 16.3. The summed E-state index contributed by atoms with van der Waals surface area (Å²) in [5, 5.41) is 0.131. The molecule has 0 atom stereocenters. The molecule has 176 valence electrons. The van der Waals surface area contributed by atoms with Crippen molar-refractivity contribution in [3.63, 3.8) is 0 Å². The highest BCUT2D eigenvalue weighted by molar-refractivity contribution is 6.08. The van der Waals surface area contributed by atoms with Gasteiger partial charge in [0.1, 0.15) is 11.6 Å². The molecule has 6 nitrogen and oxygen atoms in total. The number of hydrogen-bond acceptors (Lipinski definition) is 4. The Morgan fingerprint density at radius 3 is 2.32 bits per heavy atom. The highest BCUT2D eigenvalue weighted by Gasteiger charge is 2.23. The lowest BCUT2D eigenvalue weighted by molar-refractivity contribution is -0.129. The number of aromatic nitrogens is 1. The van der Waals surface area contributed by atoms with Crippen molar-refractivity contribution in [2.75, 3.05) is 31.1 Å². The van der Waals surface area contributed by atoms with E-state index < -0.39 is 17.0 Å². The minimum absolute atomic E-state index is 0.0101. The van der Waals surface area contributed by atoms with Crippen molar-refractivity contribution in [1.82, 2.24) is 9.47 Å². The quantitative estimate of drug-likeness (QED) is 0.424. The van der Waals surface area contributed by atoms with Crippen molar-refractivity contribution in [1.29, 1.82) is 0 Å². The van der Waals surface area contributed by atoms with Crippen LogP contribution in [0.15, 0.2) is 53.5 Å². The minimum Gasteiger partial charge on any atom is -0.366 e. The fourth-order valence-corrected chi connectivity index (χ4v) is 4.18. The maximum Gasteiger partial charge on any atom is 0.219 e. The van der Waals surface area contributed by atoms with E-state index in [1.54, 1.807) is 15.5 Å². The minimum atomic E-state index is -0.546. The van der Waals surface area contributed by atoms with E-state index in [9.17, 15) is 18.8 Å². The standard InChI is InChI=1S/C26H25F2N3O3/c1-3-29-16-21(25(33)9-6-18-4-7-19(27)8-5-18)26(34)20-14-22(28)24(15-23(20)29)31-12-10-30(11-13-31)17(2)32/h4-9,14-16H,3,10-13H2,1-2H3/b9-6+. The SMILES string of the molecule is CCn1cc(C(=O)/C=C/c2ccc(F)cc2)c(=O)c2cc(F)c(N3CCN(C(C)=O)CC3)cc21. The molecule has 1 aliphatic rings. The Morgan fingerprint density at radius 2 is 1.71 bits per heavy atom. The third-order valence-corrected chi connectivity index (χ3v) is 6.12. The molecule has 1 aromatic heterocycles. The van der Waals surface area contributed by atoms with Gasteiger partial charge in [0.05, 0.1) is 16.8 Å². The second-order valence-corrected chi connectivity index (χ2v) is 8.22. The summed E-state index contributed by atoms with van der Waals surface area (Å²) in [6.45, 7) is 5.84. The zero-order chi connectivity index (χ0) is 24.4. The summed E-state index contributed by atoms with van der Waals surface area (Å²) in [5.74, 6) is -1.45. The van der Waals surface area contributed by atoms with Crippen molar-refractivity contribution in [2.24, 2.45) is 0 Å². The lowest BCUT2D eigenvalue weighted by atomic mass is 10.1. The summed E-state index contributed by atoms with van der Waals surface area (Å²) >= 11 is 0. The molecule has 3 aromatic rings. The molecule has 1 aliphatic heterocycles. The number of halogens is 2. The summed E-state index contributed by atoms with van der Waals surface area (Å²) < 4.78 is 29.9. The Kier molecular flexibility index (Phi) is 6.58. The Bertz CT molecular complexity index is 1340.